The van der Waals surface area contributed by atoms with Crippen LogP contribution in [0.25, 0.3) is 0 Å². The van der Waals surface area contributed by atoms with E-state index in [4.69, 9.17) is 5.11 Å². The van der Waals surface area contributed by atoms with Crippen molar-refractivity contribution in [3.8, 4) is 0 Å². The highest BCUT2D eigenvalue weighted by Crippen LogP contribution is 2.28. The molecule has 1 unspecified atom stereocenters. The van der Waals surface area contributed by atoms with Crippen molar-refractivity contribution in [2.24, 2.45) is 5.92 Å². The summed E-state index contributed by atoms with van der Waals surface area (Å²) in [6.45, 7) is 2.25. The molecule has 1 rings (SSSR count). The van der Waals surface area contributed by atoms with Crippen molar-refractivity contribution in [1.29, 1.82) is 0 Å². The van der Waals surface area contributed by atoms with Crippen LogP contribution in [0, 0.1) is 5.92 Å². The summed E-state index contributed by atoms with van der Waals surface area (Å²) >= 11 is 0. The molecule has 0 heterocycles. The van der Waals surface area contributed by atoms with Gasteiger partial charge in [-0.05, 0) is 6.92 Å². The van der Waals surface area contributed by atoms with E-state index in [1.54, 1.807) is 6.08 Å². The first-order chi connectivity index (χ1) is 3.84. The van der Waals surface area contributed by atoms with Gasteiger partial charge in [0.1, 0.15) is 0 Å². The summed E-state index contributed by atoms with van der Waals surface area (Å²) in [5.74, 6) is 0.571. The van der Waals surface area contributed by atoms with Crippen LogP contribution in [0.15, 0.2) is 23.8 Å². The molecule has 0 aliphatic heterocycles. The topological polar surface area (TPSA) is 20.2 Å². The summed E-state index contributed by atoms with van der Waals surface area (Å²) < 4.78 is 0. The lowest BCUT2D eigenvalue weighted by molar-refractivity contribution is 0.342. The summed E-state index contributed by atoms with van der Waals surface area (Å²) in [5.41, 5.74) is 1.41. The Morgan fingerprint density at radius 2 is 2.50 bits per heavy atom. The molecule has 0 fully saturated rings. The van der Waals surface area contributed by atoms with Crippen LogP contribution in [0.1, 0.15) is 6.92 Å². The zero-order valence-corrected chi connectivity index (χ0v) is 4.96. The number of aliphatic hydroxyl groups excluding tert-OH is 1. The lowest BCUT2D eigenvalue weighted by Gasteiger charge is -1.81. The maximum atomic E-state index is 8.32. The van der Waals surface area contributed by atoms with Gasteiger partial charge in [0.05, 0.1) is 6.61 Å². The second-order valence-electron chi connectivity index (χ2n) is 2.05. The molecular formula is C7H10O. The Morgan fingerprint density at radius 1 is 1.88 bits per heavy atom. The average molecular weight is 110 g/mol. The second kappa shape index (κ2) is 2.14. The quantitative estimate of drug-likeness (QED) is 0.528. The Bertz CT molecular complexity index is 133. The standard InChI is InChI=1S/C7H10O/c1-6-5-7(6)3-2-4-8/h2-3,5,7-8H,4H2,1H3. The molecule has 8 heavy (non-hydrogen) atoms. The minimum absolute atomic E-state index is 0.164. The molecule has 0 saturated heterocycles. The van der Waals surface area contributed by atoms with Crippen molar-refractivity contribution in [3.05, 3.63) is 23.8 Å². The third-order valence-corrected chi connectivity index (χ3v) is 1.31. The van der Waals surface area contributed by atoms with E-state index in [9.17, 15) is 0 Å². The number of aliphatic hydroxyl groups is 1. The van der Waals surface area contributed by atoms with E-state index in [2.05, 4.69) is 13.0 Å². The molecule has 0 saturated carbocycles. The fourth-order valence-corrected chi connectivity index (χ4v) is 0.650. The minimum atomic E-state index is 0.164. The Hall–Kier alpha value is -0.560. The van der Waals surface area contributed by atoms with Gasteiger partial charge >= 0.3 is 0 Å². The second-order valence-corrected chi connectivity index (χ2v) is 2.05. The predicted molar refractivity (Wildman–Crippen MR) is 33.5 cm³/mol. The lowest BCUT2D eigenvalue weighted by Crippen LogP contribution is -1.73. The number of hydrogen-bond donors (Lipinski definition) is 1. The van der Waals surface area contributed by atoms with Crippen LogP contribution in [0.2, 0.25) is 0 Å². The molecule has 0 bridgehead atoms. The highest BCUT2D eigenvalue weighted by Gasteiger charge is 2.14. The average Bonchev–Trinajstić information content (AvgIpc) is 2.42. The van der Waals surface area contributed by atoms with Gasteiger partial charge < -0.3 is 5.11 Å². The fourth-order valence-electron chi connectivity index (χ4n) is 0.650. The summed E-state index contributed by atoms with van der Waals surface area (Å²) in [5, 5.41) is 8.32. The SMILES string of the molecule is CC1=CC1C=CCO. The van der Waals surface area contributed by atoms with Gasteiger partial charge in [0, 0.05) is 5.92 Å². The van der Waals surface area contributed by atoms with Gasteiger partial charge in [0.15, 0.2) is 0 Å². The molecular weight excluding hydrogens is 100 g/mol. The molecule has 0 radical (unpaired) electrons. The van der Waals surface area contributed by atoms with Crippen LogP contribution in [0.4, 0.5) is 0 Å². The Balaban J connectivity index is 2.15. The zero-order chi connectivity index (χ0) is 5.98. The van der Waals surface area contributed by atoms with E-state index in [0.29, 0.717) is 5.92 Å². The van der Waals surface area contributed by atoms with Gasteiger partial charge in [-0.25, -0.2) is 0 Å². The van der Waals surface area contributed by atoms with Crippen molar-refractivity contribution in [2.75, 3.05) is 6.61 Å². The molecule has 0 spiro atoms. The van der Waals surface area contributed by atoms with E-state index in [0.717, 1.165) is 0 Å². The van der Waals surface area contributed by atoms with Crippen molar-refractivity contribution < 1.29 is 5.11 Å². The number of allylic oxidation sites excluding steroid dienone is 3. The van der Waals surface area contributed by atoms with Crippen LogP contribution in [0.3, 0.4) is 0 Å². The minimum Gasteiger partial charge on any atom is -0.392 e. The van der Waals surface area contributed by atoms with E-state index in [1.165, 1.54) is 5.57 Å². The van der Waals surface area contributed by atoms with Gasteiger partial charge in [-0.15, -0.1) is 0 Å². The lowest BCUT2D eigenvalue weighted by atomic mass is 10.3. The van der Waals surface area contributed by atoms with Gasteiger partial charge in [-0.3, -0.25) is 0 Å². The smallest absolute Gasteiger partial charge is 0.0612 e. The third-order valence-electron chi connectivity index (χ3n) is 1.31. The van der Waals surface area contributed by atoms with Gasteiger partial charge in [-0.1, -0.05) is 23.8 Å². The van der Waals surface area contributed by atoms with Crippen LogP contribution in [-0.2, 0) is 0 Å². The summed E-state index contributed by atoms with van der Waals surface area (Å²) in [4.78, 5) is 0. The molecule has 1 N–H and O–H groups in total. The highest BCUT2D eigenvalue weighted by molar-refractivity contribution is 5.32. The Morgan fingerprint density at radius 3 is 2.88 bits per heavy atom. The monoisotopic (exact) mass is 110 g/mol. The van der Waals surface area contributed by atoms with E-state index < -0.39 is 0 Å². The zero-order valence-electron chi connectivity index (χ0n) is 4.96. The Kier molecular flexibility index (Phi) is 1.49. The normalized spacial score (nSPS) is 26.2. The number of rotatable bonds is 2. The maximum Gasteiger partial charge on any atom is 0.0612 e. The predicted octanol–water partition coefficient (Wildman–Crippen LogP) is 1.11. The van der Waals surface area contributed by atoms with Crippen LogP contribution in [0.5, 0.6) is 0 Å². The number of hydrogen-bond acceptors (Lipinski definition) is 1. The third kappa shape index (κ3) is 1.20. The molecule has 1 heteroatoms. The molecule has 0 aromatic rings. The fraction of sp³-hybridized carbons (Fsp3) is 0.429. The highest BCUT2D eigenvalue weighted by atomic mass is 16.2. The molecule has 0 aromatic carbocycles. The molecule has 0 aromatic heterocycles. The molecule has 1 atom stereocenters. The molecule has 1 aliphatic rings. The van der Waals surface area contributed by atoms with Crippen molar-refractivity contribution >= 4 is 0 Å². The van der Waals surface area contributed by atoms with Crippen LogP contribution in [-0.4, -0.2) is 11.7 Å². The van der Waals surface area contributed by atoms with E-state index in [1.807, 2.05) is 6.08 Å². The largest absolute Gasteiger partial charge is 0.392 e. The van der Waals surface area contributed by atoms with Crippen molar-refractivity contribution in [3.63, 3.8) is 0 Å². The maximum absolute atomic E-state index is 8.32. The molecule has 0 amide bonds. The first kappa shape index (κ1) is 5.57. The van der Waals surface area contributed by atoms with Crippen LogP contribution < -0.4 is 0 Å². The first-order valence-corrected chi connectivity index (χ1v) is 2.80. The van der Waals surface area contributed by atoms with Gasteiger partial charge in [0.2, 0.25) is 0 Å². The van der Waals surface area contributed by atoms with Crippen molar-refractivity contribution in [1.82, 2.24) is 0 Å². The molecule has 1 nitrogen and oxygen atoms in total. The molecule has 44 valence electrons. The molecule has 1 aliphatic carbocycles. The van der Waals surface area contributed by atoms with Gasteiger partial charge in [0.25, 0.3) is 0 Å². The summed E-state index contributed by atoms with van der Waals surface area (Å²) in [7, 11) is 0. The Labute approximate surface area is 49.3 Å². The van der Waals surface area contributed by atoms with E-state index in [-0.39, 0.29) is 6.61 Å². The van der Waals surface area contributed by atoms with Gasteiger partial charge in [-0.2, -0.15) is 0 Å². The van der Waals surface area contributed by atoms with Crippen molar-refractivity contribution in [2.45, 2.75) is 6.92 Å². The summed E-state index contributed by atoms with van der Waals surface area (Å²) in [6.07, 6.45) is 5.94. The van der Waals surface area contributed by atoms with Crippen LogP contribution >= 0.6 is 0 Å². The van der Waals surface area contributed by atoms with E-state index >= 15 is 0 Å². The summed E-state index contributed by atoms with van der Waals surface area (Å²) in [6, 6.07) is 0. The first-order valence-electron chi connectivity index (χ1n) is 2.80.